The summed E-state index contributed by atoms with van der Waals surface area (Å²) in [4.78, 5) is 2.37. The quantitative estimate of drug-likeness (QED) is 0.590. The molecule has 0 spiro atoms. The Bertz CT molecular complexity index is 302. The van der Waals surface area contributed by atoms with E-state index in [2.05, 4.69) is 61.4 Å². The lowest BCUT2D eigenvalue weighted by atomic mass is 10.1. The summed E-state index contributed by atoms with van der Waals surface area (Å²) in [5, 5.41) is 0. The van der Waals surface area contributed by atoms with Crippen LogP contribution in [0.1, 0.15) is 18.5 Å². The first kappa shape index (κ1) is 8.52. The Hall–Kier alpha value is -1.08. The van der Waals surface area contributed by atoms with Crippen molar-refractivity contribution in [3.8, 4) is 0 Å². The smallest absolute Gasteiger partial charge is 0.0534 e. The van der Waals surface area contributed by atoms with Crippen molar-refractivity contribution >= 4 is 0 Å². The van der Waals surface area contributed by atoms with E-state index in [1.807, 2.05) is 0 Å². The van der Waals surface area contributed by atoms with Crippen LogP contribution < -0.4 is 0 Å². The second-order valence-corrected chi connectivity index (χ2v) is 3.65. The summed E-state index contributed by atoms with van der Waals surface area (Å²) < 4.78 is 0. The van der Waals surface area contributed by atoms with Crippen LogP contribution >= 0.6 is 0 Å². The summed E-state index contributed by atoms with van der Waals surface area (Å²) in [6.07, 6.45) is 4.54. The number of hydrogen-bond donors (Lipinski definition) is 0. The maximum Gasteiger partial charge on any atom is 0.0534 e. The van der Waals surface area contributed by atoms with Crippen LogP contribution in [0, 0.1) is 0 Å². The Morgan fingerprint density at radius 3 is 2.31 bits per heavy atom. The number of nitrogens with zero attached hydrogens (tertiary/aromatic N) is 1. The van der Waals surface area contributed by atoms with E-state index in [-0.39, 0.29) is 0 Å². The van der Waals surface area contributed by atoms with E-state index in [1.165, 1.54) is 5.56 Å². The van der Waals surface area contributed by atoms with Gasteiger partial charge in [0.05, 0.1) is 6.04 Å². The van der Waals surface area contributed by atoms with Gasteiger partial charge in [0.15, 0.2) is 0 Å². The van der Waals surface area contributed by atoms with Gasteiger partial charge in [-0.25, -0.2) is 0 Å². The number of likely N-dealkylation sites (N-methyl/N-ethyl adjacent to an activating group) is 1. The van der Waals surface area contributed by atoms with Gasteiger partial charge in [-0.15, -0.1) is 0 Å². The molecular weight excluding hydrogens is 158 g/mol. The maximum absolute atomic E-state index is 2.37. The third kappa shape index (κ3) is 1.52. The van der Waals surface area contributed by atoms with Crippen molar-refractivity contribution in [2.45, 2.75) is 19.0 Å². The standard InChI is InChI=1S/C12H15N/c1-10-8-9-12(13(10)2)11-6-4-3-5-7-11/h3-10,12H,1-2H3. The lowest BCUT2D eigenvalue weighted by molar-refractivity contribution is 0.276. The zero-order chi connectivity index (χ0) is 9.26. The molecule has 1 heteroatoms. The van der Waals surface area contributed by atoms with Crippen molar-refractivity contribution in [1.29, 1.82) is 0 Å². The van der Waals surface area contributed by atoms with Gasteiger partial charge in [-0.3, -0.25) is 4.90 Å². The summed E-state index contributed by atoms with van der Waals surface area (Å²) in [5.41, 5.74) is 1.38. The lowest BCUT2D eigenvalue weighted by Gasteiger charge is -2.23. The Kier molecular flexibility index (Phi) is 2.19. The monoisotopic (exact) mass is 173 g/mol. The van der Waals surface area contributed by atoms with E-state index < -0.39 is 0 Å². The number of hydrogen-bond acceptors (Lipinski definition) is 1. The molecule has 13 heavy (non-hydrogen) atoms. The normalized spacial score (nSPS) is 28.2. The van der Waals surface area contributed by atoms with Crippen molar-refractivity contribution in [3.05, 3.63) is 48.0 Å². The largest absolute Gasteiger partial charge is 0.290 e. The Balaban J connectivity index is 2.24. The second kappa shape index (κ2) is 3.35. The van der Waals surface area contributed by atoms with Crippen LogP contribution in [0.25, 0.3) is 0 Å². The highest BCUT2D eigenvalue weighted by atomic mass is 15.2. The molecule has 0 saturated carbocycles. The van der Waals surface area contributed by atoms with Crippen LogP contribution in [0.15, 0.2) is 42.5 Å². The molecule has 1 aliphatic heterocycles. The van der Waals surface area contributed by atoms with Crippen molar-refractivity contribution in [2.75, 3.05) is 7.05 Å². The molecule has 0 aliphatic carbocycles. The van der Waals surface area contributed by atoms with Gasteiger partial charge < -0.3 is 0 Å². The molecule has 0 bridgehead atoms. The first-order valence-corrected chi connectivity index (χ1v) is 4.74. The van der Waals surface area contributed by atoms with Gasteiger partial charge in [0.25, 0.3) is 0 Å². The van der Waals surface area contributed by atoms with E-state index in [1.54, 1.807) is 0 Å². The molecule has 68 valence electrons. The Morgan fingerprint density at radius 1 is 1.08 bits per heavy atom. The SMILES string of the molecule is CC1C=CC(c2ccccc2)N1C. The molecule has 0 amide bonds. The molecule has 2 atom stereocenters. The van der Waals surface area contributed by atoms with E-state index in [0.717, 1.165) is 0 Å². The first-order chi connectivity index (χ1) is 6.29. The fourth-order valence-corrected chi connectivity index (χ4v) is 1.79. The zero-order valence-electron chi connectivity index (χ0n) is 8.14. The van der Waals surface area contributed by atoms with Crippen LogP contribution in [0.4, 0.5) is 0 Å². The molecule has 0 radical (unpaired) electrons. The fraction of sp³-hybridized carbons (Fsp3) is 0.333. The molecule has 1 aliphatic rings. The minimum atomic E-state index is 0.469. The van der Waals surface area contributed by atoms with Crippen LogP contribution in [-0.2, 0) is 0 Å². The van der Waals surface area contributed by atoms with E-state index in [9.17, 15) is 0 Å². The molecule has 2 unspecified atom stereocenters. The van der Waals surface area contributed by atoms with Gasteiger partial charge in [-0.05, 0) is 19.5 Å². The van der Waals surface area contributed by atoms with Gasteiger partial charge >= 0.3 is 0 Å². The summed E-state index contributed by atoms with van der Waals surface area (Å²) in [5.74, 6) is 0. The maximum atomic E-state index is 2.37. The summed E-state index contributed by atoms with van der Waals surface area (Å²) in [6.45, 7) is 2.22. The van der Waals surface area contributed by atoms with E-state index in [0.29, 0.717) is 12.1 Å². The minimum absolute atomic E-state index is 0.469. The first-order valence-electron chi connectivity index (χ1n) is 4.74. The van der Waals surface area contributed by atoms with Crippen molar-refractivity contribution < 1.29 is 0 Å². The molecule has 0 aromatic heterocycles. The summed E-state index contributed by atoms with van der Waals surface area (Å²) in [6, 6.07) is 11.7. The Labute approximate surface area is 79.7 Å². The third-order valence-electron chi connectivity index (χ3n) is 2.79. The zero-order valence-corrected chi connectivity index (χ0v) is 8.14. The van der Waals surface area contributed by atoms with Crippen molar-refractivity contribution in [3.63, 3.8) is 0 Å². The van der Waals surface area contributed by atoms with Crippen LogP contribution in [-0.4, -0.2) is 18.0 Å². The second-order valence-electron chi connectivity index (χ2n) is 3.65. The minimum Gasteiger partial charge on any atom is -0.290 e. The molecule has 1 aromatic carbocycles. The Morgan fingerprint density at radius 2 is 1.77 bits per heavy atom. The van der Waals surface area contributed by atoms with E-state index in [4.69, 9.17) is 0 Å². The molecular formula is C12H15N. The van der Waals surface area contributed by atoms with Gasteiger partial charge in [0.1, 0.15) is 0 Å². The summed E-state index contributed by atoms with van der Waals surface area (Å²) >= 11 is 0. The molecule has 2 rings (SSSR count). The number of benzene rings is 1. The average molecular weight is 173 g/mol. The lowest BCUT2D eigenvalue weighted by Crippen LogP contribution is -2.25. The third-order valence-corrected chi connectivity index (χ3v) is 2.79. The molecule has 0 fully saturated rings. The predicted octanol–water partition coefficient (Wildman–Crippen LogP) is 2.62. The van der Waals surface area contributed by atoms with Gasteiger partial charge in [0.2, 0.25) is 0 Å². The predicted molar refractivity (Wildman–Crippen MR) is 55.5 cm³/mol. The van der Waals surface area contributed by atoms with Crippen molar-refractivity contribution in [1.82, 2.24) is 4.90 Å². The highest BCUT2D eigenvalue weighted by molar-refractivity contribution is 5.26. The molecule has 0 saturated heterocycles. The van der Waals surface area contributed by atoms with Crippen LogP contribution in [0.3, 0.4) is 0 Å². The average Bonchev–Trinajstić information content (AvgIpc) is 2.49. The van der Waals surface area contributed by atoms with Gasteiger partial charge in [-0.1, -0.05) is 42.5 Å². The van der Waals surface area contributed by atoms with Crippen LogP contribution in [0.2, 0.25) is 0 Å². The van der Waals surface area contributed by atoms with Gasteiger partial charge in [0, 0.05) is 6.04 Å². The highest BCUT2D eigenvalue weighted by Gasteiger charge is 2.22. The van der Waals surface area contributed by atoms with Gasteiger partial charge in [-0.2, -0.15) is 0 Å². The number of rotatable bonds is 1. The fourth-order valence-electron chi connectivity index (χ4n) is 1.79. The molecule has 1 aromatic rings. The highest BCUT2D eigenvalue weighted by Crippen LogP contribution is 2.27. The summed E-state index contributed by atoms with van der Waals surface area (Å²) in [7, 11) is 2.17. The molecule has 1 heterocycles. The molecule has 0 N–H and O–H groups in total. The molecule has 1 nitrogen and oxygen atoms in total. The van der Waals surface area contributed by atoms with Crippen LogP contribution in [0.5, 0.6) is 0 Å². The van der Waals surface area contributed by atoms with E-state index >= 15 is 0 Å². The van der Waals surface area contributed by atoms with Crippen molar-refractivity contribution in [2.24, 2.45) is 0 Å². The topological polar surface area (TPSA) is 3.24 Å².